The quantitative estimate of drug-likeness (QED) is 0.169. The van der Waals surface area contributed by atoms with Crippen molar-refractivity contribution in [3.63, 3.8) is 0 Å². The molecule has 9 rings (SSSR count). The summed E-state index contributed by atoms with van der Waals surface area (Å²) in [5.41, 5.74) is 11.1. The molecule has 0 fully saturated rings. The summed E-state index contributed by atoms with van der Waals surface area (Å²) in [5.74, 6) is 1.94. The van der Waals surface area contributed by atoms with Gasteiger partial charge in [0.2, 0.25) is 0 Å². The van der Waals surface area contributed by atoms with E-state index < -0.39 is 0 Å². The van der Waals surface area contributed by atoms with E-state index in [-0.39, 0.29) is 0 Å². The summed E-state index contributed by atoms with van der Waals surface area (Å²) in [6.45, 7) is 0. The molecule has 0 unspecified atom stereocenters. The third-order valence-corrected chi connectivity index (χ3v) is 8.97. The van der Waals surface area contributed by atoms with Crippen LogP contribution in [0.1, 0.15) is 0 Å². The zero-order chi connectivity index (χ0) is 33.3. The van der Waals surface area contributed by atoms with Gasteiger partial charge in [-0.25, -0.2) is 19.9 Å². The number of benzene rings is 6. The highest BCUT2D eigenvalue weighted by atomic mass is 15.0. The molecule has 0 atom stereocenters. The van der Waals surface area contributed by atoms with Crippen molar-refractivity contribution in [3.8, 4) is 67.7 Å². The summed E-state index contributed by atoms with van der Waals surface area (Å²) in [5, 5.41) is 2.15. The van der Waals surface area contributed by atoms with Crippen LogP contribution in [0.4, 0.5) is 0 Å². The van der Waals surface area contributed by atoms with Gasteiger partial charge in [0.25, 0.3) is 0 Å². The van der Waals surface area contributed by atoms with E-state index in [1.54, 1.807) is 0 Å². The second kappa shape index (κ2) is 12.6. The van der Waals surface area contributed by atoms with Gasteiger partial charge in [-0.2, -0.15) is 0 Å². The summed E-state index contributed by atoms with van der Waals surface area (Å²) >= 11 is 0. The molecule has 3 aromatic heterocycles. The third kappa shape index (κ3) is 5.67. The average Bonchev–Trinajstić information content (AvgIpc) is 3.21. The van der Waals surface area contributed by atoms with Gasteiger partial charge in [-0.05, 0) is 28.8 Å². The maximum absolute atomic E-state index is 5.10. The molecular formula is C45H29N5. The van der Waals surface area contributed by atoms with Gasteiger partial charge >= 0.3 is 0 Å². The molecule has 6 aromatic carbocycles. The largest absolute Gasteiger partial charge is 0.253 e. The van der Waals surface area contributed by atoms with Crippen LogP contribution in [-0.2, 0) is 0 Å². The minimum absolute atomic E-state index is 0.639. The molecule has 3 heterocycles. The molecule has 9 aromatic rings. The summed E-state index contributed by atoms with van der Waals surface area (Å²) in [6.07, 6.45) is 1.94. The average molecular weight is 640 g/mol. The molecule has 0 N–H and O–H groups in total. The number of pyridine rings is 2. The van der Waals surface area contributed by atoms with Crippen molar-refractivity contribution in [2.24, 2.45) is 0 Å². The number of nitrogens with zero attached hydrogens (tertiary/aromatic N) is 5. The number of hydrogen-bond donors (Lipinski definition) is 0. The van der Waals surface area contributed by atoms with Gasteiger partial charge in [0.1, 0.15) is 0 Å². The Balaban J connectivity index is 1.01. The molecule has 0 saturated carbocycles. The molecule has 5 nitrogen and oxygen atoms in total. The molecule has 5 heteroatoms. The van der Waals surface area contributed by atoms with Crippen LogP contribution < -0.4 is 0 Å². The normalized spacial score (nSPS) is 11.2. The third-order valence-electron chi connectivity index (χ3n) is 8.97. The topological polar surface area (TPSA) is 64.5 Å². The maximum Gasteiger partial charge on any atom is 0.164 e. The minimum atomic E-state index is 0.639. The molecule has 0 aliphatic rings. The number of rotatable bonds is 6. The van der Waals surface area contributed by atoms with Gasteiger partial charge in [-0.3, -0.25) is 4.98 Å². The zero-order valence-electron chi connectivity index (χ0n) is 27.0. The van der Waals surface area contributed by atoms with Gasteiger partial charge < -0.3 is 0 Å². The van der Waals surface area contributed by atoms with Gasteiger partial charge in [-0.15, -0.1) is 0 Å². The number of hydrogen-bond acceptors (Lipinski definition) is 5. The van der Waals surface area contributed by atoms with E-state index in [4.69, 9.17) is 24.9 Å². The molecule has 0 amide bonds. The lowest BCUT2D eigenvalue weighted by Crippen LogP contribution is -2.00. The molecule has 0 radical (unpaired) electrons. The molecule has 0 spiro atoms. The predicted octanol–water partition coefficient (Wildman–Crippen LogP) is 11.0. The number of aromatic nitrogens is 5. The first-order valence-electron chi connectivity index (χ1n) is 16.6. The van der Waals surface area contributed by atoms with Crippen LogP contribution in [0.3, 0.4) is 0 Å². The molecule has 0 aliphatic carbocycles. The first-order chi connectivity index (χ1) is 24.7. The Labute approximate surface area is 289 Å². The Morgan fingerprint density at radius 2 is 0.700 bits per heavy atom. The Kier molecular flexibility index (Phi) is 7.41. The minimum Gasteiger partial charge on any atom is -0.253 e. The second-order valence-electron chi connectivity index (χ2n) is 12.2. The smallest absolute Gasteiger partial charge is 0.164 e. The Bertz CT molecular complexity index is 2550. The molecular weight excluding hydrogens is 611 g/mol. The standard InChI is InChI=1S/C45H29N5/c1-4-10-30(11-5-1)39-28-38-25-22-34-26-27-40(47-42(34)41(38)46-29-39)33-20-16-31(17-21-33)32-18-23-37(24-19-32)45-49-43(35-12-6-2-7-13-35)48-44(50-45)36-14-8-3-9-15-36/h1-29H. The molecule has 0 bridgehead atoms. The lowest BCUT2D eigenvalue weighted by molar-refractivity contribution is 1.07. The van der Waals surface area contributed by atoms with E-state index in [0.717, 1.165) is 72.0 Å². The Hall–Kier alpha value is -6.85. The van der Waals surface area contributed by atoms with E-state index in [2.05, 4.69) is 103 Å². The van der Waals surface area contributed by atoms with Crippen LogP contribution in [0.25, 0.3) is 89.5 Å². The van der Waals surface area contributed by atoms with Crippen LogP contribution in [0.15, 0.2) is 176 Å². The lowest BCUT2D eigenvalue weighted by Gasteiger charge is -2.10. The van der Waals surface area contributed by atoms with E-state index in [1.165, 1.54) is 0 Å². The van der Waals surface area contributed by atoms with Crippen molar-refractivity contribution >= 4 is 21.8 Å². The zero-order valence-corrected chi connectivity index (χ0v) is 27.0. The van der Waals surface area contributed by atoms with E-state index in [0.29, 0.717) is 17.5 Å². The fourth-order valence-corrected chi connectivity index (χ4v) is 6.31. The number of fused-ring (bicyclic) bond motifs is 3. The van der Waals surface area contributed by atoms with E-state index in [9.17, 15) is 0 Å². The van der Waals surface area contributed by atoms with Crippen molar-refractivity contribution in [1.82, 2.24) is 24.9 Å². The van der Waals surface area contributed by atoms with Gasteiger partial charge in [0, 0.05) is 44.8 Å². The lowest BCUT2D eigenvalue weighted by atomic mass is 10.0. The SMILES string of the molecule is c1ccc(-c2cnc3c(ccc4ccc(-c5ccc(-c6ccc(-c7nc(-c8ccccc8)nc(-c8ccccc8)n7)cc6)cc5)nc43)c2)cc1. The van der Waals surface area contributed by atoms with Crippen LogP contribution in [0, 0.1) is 0 Å². The first-order valence-corrected chi connectivity index (χ1v) is 16.6. The molecule has 0 saturated heterocycles. The van der Waals surface area contributed by atoms with E-state index in [1.807, 2.05) is 72.9 Å². The molecule has 234 valence electrons. The van der Waals surface area contributed by atoms with Crippen LogP contribution >= 0.6 is 0 Å². The predicted molar refractivity (Wildman–Crippen MR) is 203 cm³/mol. The van der Waals surface area contributed by atoms with Gasteiger partial charge in [0.15, 0.2) is 17.5 Å². The van der Waals surface area contributed by atoms with Gasteiger partial charge in [0.05, 0.1) is 16.7 Å². The highest BCUT2D eigenvalue weighted by Crippen LogP contribution is 2.31. The van der Waals surface area contributed by atoms with Crippen molar-refractivity contribution < 1.29 is 0 Å². The fraction of sp³-hybridized carbons (Fsp3) is 0. The summed E-state index contributed by atoms with van der Waals surface area (Å²) in [4.78, 5) is 24.5. The van der Waals surface area contributed by atoms with Crippen molar-refractivity contribution in [2.45, 2.75) is 0 Å². The fourth-order valence-electron chi connectivity index (χ4n) is 6.31. The van der Waals surface area contributed by atoms with Crippen molar-refractivity contribution in [3.05, 3.63) is 176 Å². The van der Waals surface area contributed by atoms with Crippen LogP contribution in [-0.4, -0.2) is 24.9 Å². The Morgan fingerprint density at radius 3 is 1.26 bits per heavy atom. The van der Waals surface area contributed by atoms with Crippen LogP contribution in [0.2, 0.25) is 0 Å². The summed E-state index contributed by atoms with van der Waals surface area (Å²) in [6, 6.07) is 58.0. The second-order valence-corrected chi connectivity index (χ2v) is 12.2. The van der Waals surface area contributed by atoms with Crippen LogP contribution in [0.5, 0.6) is 0 Å². The van der Waals surface area contributed by atoms with Gasteiger partial charge in [-0.1, -0.05) is 158 Å². The highest BCUT2D eigenvalue weighted by molar-refractivity contribution is 6.04. The molecule has 0 aliphatic heterocycles. The van der Waals surface area contributed by atoms with Crippen molar-refractivity contribution in [2.75, 3.05) is 0 Å². The summed E-state index contributed by atoms with van der Waals surface area (Å²) in [7, 11) is 0. The van der Waals surface area contributed by atoms with E-state index >= 15 is 0 Å². The summed E-state index contributed by atoms with van der Waals surface area (Å²) < 4.78 is 0. The monoisotopic (exact) mass is 639 g/mol. The molecule has 50 heavy (non-hydrogen) atoms. The maximum atomic E-state index is 5.10. The Morgan fingerprint density at radius 1 is 0.280 bits per heavy atom. The van der Waals surface area contributed by atoms with Crippen molar-refractivity contribution in [1.29, 1.82) is 0 Å². The first kappa shape index (κ1) is 29.3. The highest BCUT2D eigenvalue weighted by Gasteiger charge is 2.13.